The second-order valence-corrected chi connectivity index (χ2v) is 9.38. The highest BCUT2D eigenvalue weighted by molar-refractivity contribution is 5.97. The van der Waals surface area contributed by atoms with Crippen LogP contribution in [0.4, 0.5) is 0 Å². The fourth-order valence-electron chi connectivity index (χ4n) is 5.18. The van der Waals surface area contributed by atoms with E-state index in [9.17, 15) is 10.2 Å². The van der Waals surface area contributed by atoms with E-state index in [1.165, 1.54) is 5.56 Å². The number of phenolic OH excluding ortho intramolecular Hbond substituents is 2. The van der Waals surface area contributed by atoms with Gasteiger partial charge >= 0.3 is 0 Å². The number of ether oxygens (including phenoxy) is 4. The van der Waals surface area contributed by atoms with Crippen LogP contribution in [-0.2, 0) is 24.0 Å². The number of methoxy groups -OCH3 is 3. The van der Waals surface area contributed by atoms with E-state index in [1.807, 2.05) is 24.3 Å². The Bertz CT molecular complexity index is 1350. The first kappa shape index (κ1) is 24.8. The molecule has 0 saturated carbocycles. The van der Waals surface area contributed by atoms with Crippen molar-refractivity contribution >= 4 is 5.90 Å². The van der Waals surface area contributed by atoms with E-state index in [0.717, 1.165) is 41.6 Å². The number of nitrogens with zero attached hydrogens (tertiary/aromatic N) is 2. The zero-order valence-electron chi connectivity index (χ0n) is 21.6. The summed E-state index contributed by atoms with van der Waals surface area (Å²) in [5.41, 5.74) is 5.13. The quantitative estimate of drug-likeness (QED) is 0.506. The number of phenols is 2. The monoisotopic (exact) mass is 504 g/mol. The second kappa shape index (κ2) is 10.2. The minimum absolute atomic E-state index is 0.0363. The molecule has 0 saturated heterocycles. The molecule has 3 aromatic rings. The van der Waals surface area contributed by atoms with E-state index in [-0.39, 0.29) is 17.5 Å². The van der Waals surface area contributed by atoms with Gasteiger partial charge in [-0.3, -0.25) is 9.89 Å². The number of fused-ring (bicyclic) bond motifs is 2. The highest BCUT2D eigenvalue weighted by atomic mass is 16.5. The van der Waals surface area contributed by atoms with Crippen molar-refractivity contribution in [2.75, 3.05) is 41.5 Å². The molecule has 2 aliphatic rings. The summed E-state index contributed by atoms with van der Waals surface area (Å²) in [6.07, 6.45) is 2.34. The lowest BCUT2D eigenvalue weighted by molar-refractivity contribution is 0.228. The molecule has 0 spiro atoms. The van der Waals surface area contributed by atoms with Gasteiger partial charge in [0.15, 0.2) is 34.5 Å². The highest BCUT2D eigenvalue weighted by Crippen LogP contribution is 2.41. The minimum atomic E-state index is 0.0363. The summed E-state index contributed by atoms with van der Waals surface area (Å²) in [6.45, 7) is 1.55. The van der Waals surface area contributed by atoms with Crippen LogP contribution in [0.2, 0.25) is 0 Å². The Morgan fingerprint density at radius 1 is 0.838 bits per heavy atom. The van der Waals surface area contributed by atoms with Crippen molar-refractivity contribution in [2.24, 2.45) is 4.99 Å². The summed E-state index contributed by atoms with van der Waals surface area (Å²) in [4.78, 5) is 6.70. The van der Waals surface area contributed by atoms with Crippen LogP contribution in [0.1, 0.15) is 33.9 Å². The molecule has 8 nitrogen and oxygen atoms in total. The van der Waals surface area contributed by atoms with Crippen LogP contribution >= 0.6 is 0 Å². The number of benzene rings is 3. The average molecular weight is 505 g/mol. The Balaban J connectivity index is 1.40. The molecule has 0 amide bonds. The van der Waals surface area contributed by atoms with E-state index in [1.54, 1.807) is 39.5 Å². The van der Waals surface area contributed by atoms with Gasteiger partial charge in [-0.1, -0.05) is 6.07 Å². The van der Waals surface area contributed by atoms with Gasteiger partial charge in [0.2, 0.25) is 5.90 Å². The molecule has 5 rings (SSSR count). The fraction of sp³-hybridized carbons (Fsp3) is 0.345. The maximum atomic E-state index is 10.9. The number of hydrogen-bond donors (Lipinski definition) is 2. The molecule has 0 aromatic heterocycles. The van der Waals surface area contributed by atoms with Gasteiger partial charge in [-0.25, -0.2) is 0 Å². The van der Waals surface area contributed by atoms with E-state index in [2.05, 4.69) is 16.9 Å². The van der Waals surface area contributed by atoms with Gasteiger partial charge in [0.1, 0.15) is 0 Å². The zero-order chi connectivity index (χ0) is 26.1. The van der Waals surface area contributed by atoms with Crippen LogP contribution in [0.25, 0.3) is 0 Å². The first-order chi connectivity index (χ1) is 17.9. The number of rotatable bonds is 6. The smallest absolute Gasteiger partial charge is 0.216 e. The number of aromatic hydroxyl groups is 2. The number of aliphatic imine (C=N–C) groups is 1. The molecule has 0 bridgehead atoms. The van der Waals surface area contributed by atoms with E-state index < -0.39 is 0 Å². The summed E-state index contributed by atoms with van der Waals surface area (Å²) >= 11 is 0. The summed E-state index contributed by atoms with van der Waals surface area (Å²) in [5.74, 6) is 2.60. The number of hydrogen-bond acceptors (Lipinski definition) is 8. The maximum absolute atomic E-state index is 10.9. The molecule has 0 radical (unpaired) electrons. The van der Waals surface area contributed by atoms with Crippen LogP contribution in [0, 0.1) is 0 Å². The predicted molar refractivity (Wildman–Crippen MR) is 141 cm³/mol. The van der Waals surface area contributed by atoms with Crippen LogP contribution in [-0.4, -0.2) is 62.5 Å². The van der Waals surface area contributed by atoms with Gasteiger partial charge in [-0.15, -0.1) is 0 Å². The Labute approximate surface area is 216 Å². The van der Waals surface area contributed by atoms with Crippen molar-refractivity contribution in [1.82, 2.24) is 4.90 Å². The van der Waals surface area contributed by atoms with Crippen molar-refractivity contribution in [1.29, 1.82) is 0 Å². The normalized spacial score (nSPS) is 16.9. The molecule has 1 atom stereocenters. The van der Waals surface area contributed by atoms with E-state index >= 15 is 0 Å². The first-order valence-corrected chi connectivity index (χ1v) is 12.3. The van der Waals surface area contributed by atoms with E-state index in [0.29, 0.717) is 41.9 Å². The highest BCUT2D eigenvalue weighted by Gasteiger charge is 2.27. The third-order valence-corrected chi connectivity index (χ3v) is 7.19. The largest absolute Gasteiger partial charge is 0.504 e. The van der Waals surface area contributed by atoms with Gasteiger partial charge in [-0.2, -0.15) is 0 Å². The Morgan fingerprint density at radius 2 is 1.59 bits per heavy atom. The Hall–Kier alpha value is -3.91. The van der Waals surface area contributed by atoms with Gasteiger partial charge in [0, 0.05) is 24.7 Å². The van der Waals surface area contributed by atoms with Crippen LogP contribution in [0.15, 0.2) is 47.5 Å². The van der Waals surface area contributed by atoms with Gasteiger partial charge in [0.05, 0.1) is 21.3 Å². The van der Waals surface area contributed by atoms with Crippen molar-refractivity contribution < 1.29 is 29.2 Å². The molecular weight excluding hydrogens is 472 g/mol. The second-order valence-electron chi connectivity index (χ2n) is 9.38. The van der Waals surface area contributed by atoms with Crippen LogP contribution in [0.3, 0.4) is 0 Å². The number of likely N-dealkylation sites (N-methyl/N-ethyl adjacent to an activating group) is 1. The molecule has 0 fully saturated rings. The molecule has 8 heteroatoms. The molecule has 3 aromatic carbocycles. The van der Waals surface area contributed by atoms with Crippen molar-refractivity contribution in [3.05, 3.63) is 70.3 Å². The topological polar surface area (TPSA) is 93.0 Å². The van der Waals surface area contributed by atoms with Crippen molar-refractivity contribution in [3.63, 3.8) is 0 Å². The lowest BCUT2D eigenvalue weighted by atomic mass is 9.88. The molecule has 1 unspecified atom stereocenters. The van der Waals surface area contributed by atoms with Crippen LogP contribution in [0.5, 0.6) is 34.5 Å². The Kier molecular flexibility index (Phi) is 6.84. The summed E-state index contributed by atoms with van der Waals surface area (Å²) < 4.78 is 22.4. The fourth-order valence-corrected chi connectivity index (χ4v) is 5.18. The van der Waals surface area contributed by atoms with Gasteiger partial charge < -0.3 is 29.2 Å². The SMILES string of the molecule is COC1=NCCc2cc(OC)c(Oc3ccc(CC4c5cc(O)c(OC)cc5CCN4C)cc3O)cc21. The zero-order valence-corrected chi connectivity index (χ0v) is 21.6. The van der Waals surface area contributed by atoms with Crippen molar-refractivity contribution in [2.45, 2.75) is 25.3 Å². The Morgan fingerprint density at radius 3 is 2.32 bits per heavy atom. The lowest BCUT2D eigenvalue weighted by Gasteiger charge is -2.35. The third-order valence-electron chi connectivity index (χ3n) is 7.19. The maximum Gasteiger partial charge on any atom is 0.216 e. The molecular formula is C29H32N2O6. The van der Waals surface area contributed by atoms with Gasteiger partial charge in [0.25, 0.3) is 0 Å². The molecule has 2 N–H and O–H groups in total. The minimum Gasteiger partial charge on any atom is -0.504 e. The lowest BCUT2D eigenvalue weighted by Crippen LogP contribution is -2.33. The third kappa shape index (κ3) is 4.76. The summed E-state index contributed by atoms with van der Waals surface area (Å²) in [5, 5.41) is 21.3. The summed E-state index contributed by atoms with van der Waals surface area (Å²) in [6, 6.07) is 13.0. The molecule has 194 valence electrons. The molecule has 0 aliphatic carbocycles. The summed E-state index contributed by atoms with van der Waals surface area (Å²) in [7, 11) is 6.83. The van der Waals surface area contributed by atoms with Crippen LogP contribution < -0.4 is 14.2 Å². The van der Waals surface area contributed by atoms with Gasteiger partial charge in [-0.05, 0) is 85.0 Å². The standard InChI is InChI=1S/C29H32N2O6/c1-31-10-8-19-13-26(34-2)24(33)15-20(19)22(31)11-17-5-6-25(23(32)12-17)37-28-16-21-18(14-27(28)35-3)7-9-30-29(21)36-4/h5-6,12-16,22,32-33H,7-11H2,1-4H3. The van der Waals surface area contributed by atoms with Crippen molar-refractivity contribution in [3.8, 4) is 34.5 Å². The average Bonchev–Trinajstić information content (AvgIpc) is 2.90. The molecule has 37 heavy (non-hydrogen) atoms. The molecule has 2 aliphatic heterocycles. The molecule has 2 heterocycles. The first-order valence-electron chi connectivity index (χ1n) is 12.3. The predicted octanol–water partition coefficient (Wildman–Crippen LogP) is 4.63. The van der Waals surface area contributed by atoms with E-state index in [4.69, 9.17) is 18.9 Å².